The molecule has 0 aromatic rings. The molecule has 0 spiro atoms. The first-order valence-electron chi connectivity index (χ1n) is 1.93. The van der Waals surface area contributed by atoms with E-state index < -0.39 is 5.91 Å². The lowest BCUT2D eigenvalue weighted by Crippen LogP contribution is -2.06. The molecule has 0 atom stereocenters. The Hall–Kier alpha value is -0.830. The summed E-state index contributed by atoms with van der Waals surface area (Å²) in [6, 6.07) is 0. The molecule has 0 heterocycles. The molecule has 0 aliphatic heterocycles. The van der Waals surface area contributed by atoms with Crippen LogP contribution in [0.25, 0.3) is 0 Å². The fourth-order valence-corrected chi connectivity index (χ4v) is 0.184. The molecule has 3 nitrogen and oxygen atoms in total. The van der Waals surface area contributed by atoms with E-state index in [1.807, 2.05) is 0 Å². The van der Waals surface area contributed by atoms with E-state index in [0.717, 1.165) is 0 Å². The number of rotatable bonds is 2. The monoisotopic (exact) mass is 100 g/mol. The molecular weight excluding hydrogens is 92.1 g/mol. The number of hydrogen-bond acceptors (Lipinski definition) is 2. The predicted molar refractivity (Wildman–Crippen MR) is 27.4 cm³/mol. The summed E-state index contributed by atoms with van der Waals surface area (Å²) in [4.78, 5) is 9.84. The molecule has 0 aliphatic rings. The van der Waals surface area contributed by atoms with Crippen molar-refractivity contribution in [2.45, 2.75) is 0 Å². The van der Waals surface area contributed by atoms with Crippen molar-refractivity contribution in [1.82, 2.24) is 0 Å². The Kier molecular flexibility index (Phi) is 2.96. The van der Waals surface area contributed by atoms with Gasteiger partial charge >= 0.3 is 0 Å². The Bertz CT molecular complexity index is 87.7. The second-order valence-corrected chi connectivity index (χ2v) is 1.04. The quantitative estimate of drug-likeness (QED) is 0.436. The van der Waals surface area contributed by atoms with Crippen molar-refractivity contribution in [3.8, 4) is 0 Å². The highest BCUT2D eigenvalue weighted by atomic mass is 16.1. The second kappa shape index (κ2) is 3.36. The van der Waals surface area contributed by atoms with E-state index in [0.29, 0.717) is 6.54 Å². The lowest BCUT2D eigenvalue weighted by molar-refractivity contribution is -0.113. The lowest BCUT2D eigenvalue weighted by atomic mass is 10.5. The minimum absolute atomic E-state index is 0.364. The normalized spacial score (nSPS) is 9.86. The summed E-state index contributed by atoms with van der Waals surface area (Å²) in [6.07, 6.45) is 2.74. The number of carbonyl (C=O) groups excluding carboxylic acids is 1. The molecule has 0 bridgehead atoms. The maximum atomic E-state index is 9.84. The average Bonchev–Trinajstić information content (AvgIpc) is 1.61. The molecule has 0 saturated heterocycles. The van der Waals surface area contributed by atoms with Gasteiger partial charge in [0.1, 0.15) is 0 Å². The number of carbonyl (C=O) groups is 1. The third kappa shape index (κ3) is 5.17. The molecule has 3 heteroatoms. The van der Waals surface area contributed by atoms with Crippen molar-refractivity contribution < 1.29 is 4.79 Å². The van der Waals surface area contributed by atoms with Crippen LogP contribution in [-0.4, -0.2) is 12.5 Å². The third-order valence-electron chi connectivity index (χ3n) is 0.418. The smallest absolute Gasteiger partial charge is 0.241 e. The molecule has 0 aromatic heterocycles. The molecule has 0 fully saturated rings. The van der Waals surface area contributed by atoms with Gasteiger partial charge in [0.2, 0.25) is 5.91 Å². The summed E-state index contributed by atoms with van der Waals surface area (Å²) in [5.74, 6) is -0.453. The molecule has 1 amide bonds. The van der Waals surface area contributed by atoms with Gasteiger partial charge in [-0.15, -0.1) is 0 Å². The standard InChI is InChI=1S/C4H8N2O/c5-3-1-2-4(6)7/h1-2H,3,5H2,(H2,6,7)/b2-1+. The fourth-order valence-electron chi connectivity index (χ4n) is 0.184. The zero-order valence-electron chi connectivity index (χ0n) is 3.92. The SMILES string of the molecule is NC/C=C/C(N)=O. The zero-order chi connectivity index (χ0) is 5.70. The van der Waals surface area contributed by atoms with E-state index >= 15 is 0 Å². The van der Waals surface area contributed by atoms with E-state index in [1.165, 1.54) is 12.2 Å². The fraction of sp³-hybridized carbons (Fsp3) is 0.250. The van der Waals surface area contributed by atoms with E-state index in [1.54, 1.807) is 0 Å². The Morgan fingerprint density at radius 2 is 2.29 bits per heavy atom. The number of hydrogen-bond donors (Lipinski definition) is 2. The van der Waals surface area contributed by atoms with Crippen LogP contribution < -0.4 is 11.5 Å². The first-order chi connectivity index (χ1) is 3.27. The van der Waals surface area contributed by atoms with E-state index in [4.69, 9.17) is 11.5 Å². The van der Waals surface area contributed by atoms with Gasteiger partial charge in [-0.25, -0.2) is 0 Å². The maximum Gasteiger partial charge on any atom is 0.241 e. The van der Waals surface area contributed by atoms with Crippen molar-refractivity contribution in [1.29, 1.82) is 0 Å². The molecule has 0 aromatic carbocycles. The summed E-state index contributed by atoms with van der Waals surface area (Å²) in [5, 5.41) is 0. The molecule has 40 valence electrons. The van der Waals surface area contributed by atoms with Gasteiger partial charge < -0.3 is 11.5 Å². The molecule has 4 N–H and O–H groups in total. The first kappa shape index (κ1) is 6.17. The Morgan fingerprint density at radius 1 is 1.71 bits per heavy atom. The van der Waals surface area contributed by atoms with Crippen LogP contribution in [-0.2, 0) is 4.79 Å². The van der Waals surface area contributed by atoms with Gasteiger partial charge in [-0.05, 0) is 6.08 Å². The van der Waals surface area contributed by atoms with Gasteiger partial charge in [0.15, 0.2) is 0 Å². The average molecular weight is 100 g/mol. The van der Waals surface area contributed by atoms with Crippen LogP contribution in [0.2, 0.25) is 0 Å². The molecular formula is C4H8N2O. The molecule has 0 rings (SSSR count). The van der Waals surface area contributed by atoms with Crippen LogP contribution in [0.4, 0.5) is 0 Å². The summed E-state index contributed by atoms with van der Waals surface area (Å²) >= 11 is 0. The van der Waals surface area contributed by atoms with Crippen molar-refractivity contribution in [3.63, 3.8) is 0 Å². The molecule has 0 saturated carbocycles. The van der Waals surface area contributed by atoms with Crippen molar-refractivity contribution in [2.24, 2.45) is 11.5 Å². The van der Waals surface area contributed by atoms with Crippen LogP contribution in [0.15, 0.2) is 12.2 Å². The Morgan fingerprint density at radius 3 is 2.43 bits per heavy atom. The van der Waals surface area contributed by atoms with Crippen LogP contribution in [0, 0.1) is 0 Å². The summed E-state index contributed by atoms with van der Waals surface area (Å²) < 4.78 is 0. The molecule has 7 heavy (non-hydrogen) atoms. The Labute approximate surface area is 42.0 Å². The van der Waals surface area contributed by atoms with Crippen molar-refractivity contribution >= 4 is 5.91 Å². The van der Waals surface area contributed by atoms with E-state index in [-0.39, 0.29) is 0 Å². The molecule has 0 unspecified atom stereocenters. The van der Waals surface area contributed by atoms with Gasteiger partial charge in [0.25, 0.3) is 0 Å². The van der Waals surface area contributed by atoms with Gasteiger partial charge in [0.05, 0.1) is 0 Å². The number of nitrogens with two attached hydrogens (primary N) is 2. The van der Waals surface area contributed by atoms with Crippen molar-refractivity contribution in [3.05, 3.63) is 12.2 Å². The molecule has 0 radical (unpaired) electrons. The first-order valence-corrected chi connectivity index (χ1v) is 1.93. The van der Waals surface area contributed by atoms with Gasteiger partial charge in [-0.3, -0.25) is 4.79 Å². The topological polar surface area (TPSA) is 69.1 Å². The van der Waals surface area contributed by atoms with E-state index in [9.17, 15) is 4.79 Å². The van der Waals surface area contributed by atoms with Gasteiger partial charge in [0, 0.05) is 6.54 Å². The minimum atomic E-state index is -0.453. The summed E-state index contributed by atoms with van der Waals surface area (Å²) in [5.41, 5.74) is 9.68. The number of primary amides is 1. The van der Waals surface area contributed by atoms with Crippen LogP contribution in [0.3, 0.4) is 0 Å². The van der Waals surface area contributed by atoms with Gasteiger partial charge in [-0.1, -0.05) is 6.08 Å². The highest BCUT2D eigenvalue weighted by Gasteiger charge is 1.75. The predicted octanol–water partition coefficient (Wildman–Crippen LogP) is -1.01. The maximum absolute atomic E-state index is 9.84. The number of amides is 1. The second-order valence-electron chi connectivity index (χ2n) is 1.04. The van der Waals surface area contributed by atoms with Crippen molar-refractivity contribution in [2.75, 3.05) is 6.54 Å². The van der Waals surface area contributed by atoms with Gasteiger partial charge in [-0.2, -0.15) is 0 Å². The highest BCUT2D eigenvalue weighted by molar-refractivity contribution is 5.85. The third-order valence-corrected chi connectivity index (χ3v) is 0.418. The highest BCUT2D eigenvalue weighted by Crippen LogP contribution is 1.62. The minimum Gasteiger partial charge on any atom is -0.366 e. The summed E-state index contributed by atoms with van der Waals surface area (Å²) in [7, 11) is 0. The largest absolute Gasteiger partial charge is 0.366 e. The van der Waals surface area contributed by atoms with Crippen LogP contribution >= 0.6 is 0 Å². The van der Waals surface area contributed by atoms with E-state index in [2.05, 4.69) is 0 Å². The van der Waals surface area contributed by atoms with Crippen LogP contribution in [0.5, 0.6) is 0 Å². The summed E-state index contributed by atoms with van der Waals surface area (Å²) in [6.45, 7) is 0.364. The Balaban J connectivity index is 3.26. The zero-order valence-corrected chi connectivity index (χ0v) is 3.92. The lowest BCUT2D eigenvalue weighted by Gasteiger charge is -1.75. The van der Waals surface area contributed by atoms with Crippen LogP contribution in [0.1, 0.15) is 0 Å². The molecule has 0 aliphatic carbocycles.